The number of aliphatic imine (C=N–C) groups is 1. The molecule has 0 saturated carbocycles. The van der Waals surface area contributed by atoms with E-state index in [2.05, 4.69) is 60.2 Å². The third-order valence-corrected chi connectivity index (χ3v) is 5.98. The number of piperidine rings is 1. The van der Waals surface area contributed by atoms with Crippen LogP contribution in [0.4, 0.5) is 0 Å². The number of ether oxygens (including phenoxy) is 1. The first-order valence-corrected chi connectivity index (χ1v) is 11.7. The number of rotatable bonds is 7. The summed E-state index contributed by atoms with van der Waals surface area (Å²) >= 11 is 0. The summed E-state index contributed by atoms with van der Waals surface area (Å²) in [6, 6.07) is 8.79. The van der Waals surface area contributed by atoms with E-state index in [0.717, 1.165) is 58.1 Å². The summed E-state index contributed by atoms with van der Waals surface area (Å²) in [5, 5.41) is 3.41. The number of hydrogen-bond donors (Lipinski definition) is 2. The number of carbonyl (C=O) groups is 1. The van der Waals surface area contributed by atoms with E-state index in [1.54, 1.807) is 0 Å². The van der Waals surface area contributed by atoms with Crippen molar-refractivity contribution in [1.82, 2.24) is 15.1 Å². The highest BCUT2D eigenvalue weighted by molar-refractivity contribution is 14.0. The highest BCUT2D eigenvalue weighted by Crippen LogP contribution is 2.20. The van der Waals surface area contributed by atoms with Crippen molar-refractivity contribution in [3.8, 4) is 0 Å². The number of benzene rings is 1. The molecule has 0 radical (unpaired) electrons. The first-order chi connectivity index (χ1) is 14.9. The number of halogens is 1. The summed E-state index contributed by atoms with van der Waals surface area (Å²) in [5.41, 5.74) is 7.94. The van der Waals surface area contributed by atoms with Crippen LogP contribution in [-0.4, -0.2) is 66.6 Å². The van der Waals surface area contributed by atoms with E-state index in [4.69, 9.17) is 15.5 Å². The molecule has 0 bridgehead atoms. The van der Waals surface area contributed by atoms with Gasteiger partial charge in [-0.1, -0.05) is 24.3 Å². The molecule has 7 nitrogen and oxygen atoms in total. The van der Waals surface area contributed by atoms with Crippen LogP contribution in [-0.2, 0) is 22.6 Å². The highest BCUT2D eigenvalue weighted by Gasteiger charge is 2.24. The van der Waals surface area contributed by atoms with Gasteiger partial charge in [-0.05, 0) is 50.7 Å². The summed E-state index contributed by atoms with van der Waals surface area (Å²) in [5.74, 6) is 1.03. The fourth-order valence-corrected chi connectivity index (χ4v) is 4.72. The minimum absolute atomic E-state index is 0. The molecule has 1 aromatic rings. The van der Waals surface area contributed by atoms with Crippen molar-refractivity contribution in [1.29, 1.82) is 0 Å². The fourth-order valence-electron chi connectivity index (χ4n) is 4.72. The summed E-state index contributed by atoms with van der Waals surface area (Å²) in [7, 11) is 0. The highest BCUT2D eigenvalue weighted by atomic mass is 127. The molecule has 180 valence electrons. The van der Waals surface area contributed by atoms with Crippen molar-refractivity contribution in [3.63, 3.8) is 0 Å². The first-order valence-electron chi connectivity index (χ1n) is 11.7. The van der Waals surface area contributed by atoms with Crippen LogP contribution in [0.2, 0.25) is 0 Å². The maximum Gasteiger partial charge on any atom is 0.217 e. The Morgan fingerprint density at radius 1 is 1.16 bits per heavy atom. The van der Waals surface area contributed by atoms with Crippen LogP contribution in [0.25, 0.3) is 0 Å². The lowest BCUT2D eigenvalue weighted by Gasteiger charge is -2.35. The molecule has 2 heterocycles. The maximum absolute atomic E-state index is 11.3. The molecule has 2 aliphatic rings. The van der Waals surface area contributed by atoms with Crippen LogP contribution in [0, 0.1) is 5.92 Å². The molecule has 2 saturated heterocycles. The van der Waals surface area contributed by atoms with Gasteiger partial charge in [-0.2, -0.15) is 0 Å². The third-order valence-electron chi connectivity index (χ3n) is 5.98. The molecular weight excluding hydrogens is 517 g/mol. The summed E-state index contributed by atoms with van der Waals surface area (Å²) in [4.78, 5) is 20.9. The van der Waals surface area contributed by atoms with Crippen molar-refractivity contribution in [2.75, 3.05) is 32.7 Å². The second kappa shape index (κ2) is 13.3. The van der Waals surface area contributed by atoms with Gasteiger partial charge in [0, 0.05) is 45.7 Å². The number of nitrogens with two attached hydrogens (primary N) is 1. The average Bonchev–Trinajstić information content (AvgIpc) is 2.71. The van der Waals surface area contributed by atoms with Gasteiger partial charge in [-0.3, -0.25) is 9.69 Å². The minimum atomic E-state index is -0.213. The van der Waals surface area contributed by atoms with Gasteiger partial charge in [0.15, 0.2) is 5.96 Å². The number of nitrogens with zero attached hydrogens (tertiary/aromatic N) is 3. The monoisotopic (exact) mass is 557 g/mol. The van der Waals surface area contributed by atoms with E-state index in [9.17, 15) is 4.79 Å². The zero-order chi connectivity index (χ0) is 22.2. The van der Waals surface area contributed by atoms with E-state index in [1.807, 2.05) is 0 Å². The van der Waals surface area contributed by atoms with Crippen molar-refractivity contribution in [3.05, 3.63) is 35.4 Å². The number of hydrogen-bond acceptors (Lipinski definition) is 4. The summed E-state index contributed by atoms with van der Waals surface area (Å²) in [6.07, 6.45) is 3.16. The van der Waals surface area contributed by atoms with Gasteiger partial charge in [-0.25, -0.2) is 4.99 Å². The lowest BCUT2D eigenvalue weighted by molar-refractivity contribution is -0.119. The Balaban J connectivity index is 0.00000363. The van der Waals surface area contributed by atoms with Crippen molar-refractivity contribution in [2.45, 2.75) is 65.3 Å². The molecule has 2 fully saturated rings. The van der Waals surface area contributed by atoms with Crippen molar-refractivity contribution >= 4 is 35.8 Å². The minimum Gasteiger partial charge on any atom is -0.373 e. The molecule has 1 amide bonds. The molecule has 3 unspecified atom stereocenters. The number of likely N-dealkylation sites (tertiary alicyclic amines) is 1. The van der Waals surface area contributed by atoms with Crippen LogP contribution in [0.5, 0.6) is 0 Å². The zero-order valence-electron chi connectivity index (χ0n) is 19.8. The number of carbonyl (C=O) groups excluding carboxylic acids is 1. The molecule has 3 N–H and O–H groups in total. The Hall–Kier alpha value is -1.39. The topological polar surface area (TPSA) is 83.2 Å². The largest absolute Gasteiger partial charge is 0.373 e. The van der Waals surface area contributed by atoms with Gasteiger partial charge in [0.1, 0.15) is 0 Å². The van der Waals surface area contributed by atoms with E-state index in [1.165, 1.54) is 11.1 Å². The van der Waals surface area contributed by atoms with Crippen LogP contribution < -0.4 is 11.1 Å². The maximum atomic E-state index is 11.3. The predicted molar refractivity (Wildman–Crippen MR) is 140 cm³/mol. The van der Waals surface area contributed by atoms with Crippen molar-refractivity contribution in [2.24, 2.45) is 16.6 Å². The normalized spacial score (nSPS) is 24.7. The second-order valence-corrected chi connectivity index (χ2v) is 9.06. The van der Waals surface area contributed by atoms with Crippen LogP contribution in [0.15, 0.2) is 29.3 Å². The fraction of sp³-hybridized carbons (Fsp3) is 0.667. The van der Waals surface area contributed by atoms with E-state index in [-0.39, 0.29) is 29.9 Å². The molecule has 3 atom stereocenters. The van der Waals surface area contributed by atoms with Crippen LogP contribution >= 0.6 is 24.0 Å². The number of guanidine groups is 1. The summed E-state index contributed by atoms with van der Waals surface area (Å²) < 4.78 is 5.83. The van der Waals surface area contributed by atoms with Gasteiger partial charge in [0.2, 0.25) is 5.91 Å². The van der Waals surface area contributed by atoms with Gasteiger partial charge < -0.3 is 20.7 Å². The zero-order valence-corrected chi connectivity index (χ0v) is 22.1. The smallest absolute Gasteiger partial charge is 0.217 e. The van der Waals surface area contributed by atoms with E-state index < -0.39 is 0 Å². The first kappa shape index (κ1) is 26.9. The van der Waals surface area contributed by atoms with Crippen LogP contribution in [0.3, 0.4) is 0 Å². The Labute approximate surface area is 210 Å². The standard InChI is InChI=1S/C24H39N5O2.HI/c1-4-26-24(29-11-5-6-22(17-29)12-23(25)30)27-13-20-7-9-21(10-8-20)16-28-14-18(2)31-19(3)15-28;/h7-10,18-19,22H,4-6,11-17H2,1-3H3,(H2,25,30)(H,26,27);1H. The van der Waals surface area contributed by atoms with E-state index in [0.29, 0.717) is 31.1 Å². The molecular formula is C24H40IN5O2. The van der Waals surface area contributed by atoms with E-state index >= 15 is 0 Å². The molecule has 0 aliphatic carbocycles. The molecule has 0 spiro atoms. The molecule has 3 rings (SSSR count). The van der Waals surface area contributed by atoms with Crippen LogP contribution in [0.1, 0.15) is 51.2 Å². The molecule has 8 heteroatoms. The quantitative estimate of drug-likeness (QED) is 0.306. The molecule has 32 heavy (non-hydrogen) atoms. The Morgan fingerprint density at radius 2 is 1.81 bits per heavy atom. The number of morpholine rings is 1. The average molecular weight is 558 g/mol. The molecule has 1 aromatic carbocycles. The van der Waals surface area contributed by atoms with Gasteiger partial charge in [-0.15, -0.1) is 24.0 Å². The Bertz CT molecular complexity index is 732. The SMILES string of the molecule is CCNC(=NCc1ccc(CN2CC(C)OC(C)C2)cc1)N1CCCC(CC(N)=O)C1.I. The van der Waals surface area contributed by atoms with Gasteiger partial charge in [0.05, 0.1) is 18.8 Å². The number of primary amides is 1. The lowest BCUT2D eigenvalue weighted by atomic mass is 9.95. The molecule has 0 aromatic heterocycles. The Kier molecular flexibility index (Phi) is 11.2. The van der Waals surface area contributed by atoms with Gasteiger partial charge in [0.25, 0.3) is 0 Å². The molecule has 2 aliphatic heterocycles. The summed E-state index contributed by atoms with van der Waals surface area (Å²) in [6.45, 7) is 12.6. The predicted octanol–water partition coefficient (Wildman–Crippen LogP) is 2.97. The van der Waals surface area contributed by atoms with Crippen molar-refractivity contribution < 1.29 is 9.53 Å². The van der Waals surface area contributed by atoms with Gasteiger partial charge >= 0.3 is 0 Å². The second-order valence-electron chi connectivity index (χ2n) is 9.06. The lowest BCUT2D eigenvalue weighted by Crippen LogP contribution is -2.47. The Morgan fingerprint density at radius 3 is 2.44 bits per heavy atom. The third kappa shape index (κ3) is 8.51. The number of amides is 1. The number of nitrogens with one attached hydrogen (secondary N) is 1.